The Morgan fingerprint density at radius 1 is 1.24 bits per heavy atom. The minimum absolute atomic E-state index is 0.401. The third kappa shape index (κ3) is 5.00. The molecular weight excluding hydrogens is 249 g/mol. The van der Waals surface area contributed by atoms with Crippen molar-refractivity contribution in [3.63, 3.8) is 0 Å². The maximum atomic E-state index is 12.3. The smallest absolute Gasteiger partial charge is 0.393 e. The highest BCUT2D eigenvalue weighted by atomic mass is 32.2. The first-order valence-electron chi connectivity index (χ1n) is 5.26. The quantitative estimate of drug-likeness (QED) is 0.880. The van der Waals surface area contributed by atoms with Crippen LogP contribution in [0.4, 0.5) is 13.2 Å². The minimum Gasteiger partial charge on any atom is -0.393 e. The summed E-state index contributed by atoms with van der Waals surface area (Å²) in [4.78, 5) is 0. The molecule has 0 amide bonds. The second kappa shape index (κ2) is 6.31. The molecule has 5 heteroatoms. The second-order valence-corrected chi connectivity index (χ2v) is 4.82. The van der Waals surface area contributed by atoms with Crippen LogP contribution in [0.3, 0.4) is 0 Å². The number of aliphatic hydroxyl groups is 1. The van der Waals surface area contributed by atoms with Gasteiger partial charge in [0.05, 0.1) is 11.7 Å². The van der Waals surface area contributed by atoms with Gasteiger partial charge in [-0.15, -0.1) is 0 Å². The number of aliphatic hydroxyl groups excluding tert-OH is 1. The molecule has 17 heavy (non-hydrogen) atoms. The van der Waals surface area contributed by atoms with Crippen molar-refractivity contribution < 1.29 is 18.3 Å². The molecule has 96 valence electrons. The van der Waals surface area contributed by atoms with E-state index >= 15 is 0 Å². The number of thioether (sulfide) groups is 1. The Kier molecular flexibility index (Phi) is 5.33. The van der Waals surface area contributed by atoms with Gasteiger partial charge in [0, 0.05) is 0 Å². The maximum absolute atomic E-state index is 12.3. The Bertz CT molecular complexity index is 335. The van der Waals surface area contributed by atoms with Crippen molar-refractivity contribution >= 4 is 11.8 Å². The Hall–Kier alpha value is -0.680. The van der Waals surface area contributed by atoms with Gasteiger partial charge in [0.1, 0.15) is 0 Å². The van der Waals surface area contributed by atoms with Gasteiger partial charge in [0.25, 0.3) is 0 Å². The molecule has 1 unspecified atom stereocenters. The van der Waals surface area contributed by atoms with Crippen molar-refractivity contribution in [2.24, 2.45) is 0 Å². The molecule has 0 heterocycles. The van der Waals surface area contributed by atoms with Gasteiger partial charge >= 0.3 is 6.18 Å². The number of benzene rings is 1. The molecule has 0 saturated heterocycles. The van der Waals surface area contributed by atoms with E-state index in [4.69, 9.17) is 0 Å². The highest BCUT2D eigenvalue weighted by Crippen LogP contribution is 2.29. The summed E-state index contributed by atoms with van der Waals surface area (Å²) >= 11 is 1.64. The number of hydrogen-bond donors (Lipinski definition) is 1. The summed E-state index contributed by atoms with van der Waals surface area (Å²) in [6.07, 6.45) is -1.78. The van der Waals surface area contributed by atoms with Gasteiger partial charge in [-0.3, -0.25) is 0 Å². The molecule has 1 N–H and O–H groups in total. The number of hydrogen-bond acceptors (Lipinski definition) is 2. The van der Waals surface area contributed by atoms with E-state index in [9.17, 15) is 18.3 Å². The van der Waals surface area contributed by atoms with Gasteiger partial charge in [-0.2, -0.15) is 24.9 Å². The zero-order valence-corrected chi connectivity index (χ0v) is 10.3. The fraction of sp³-hybridized carbons (Fsp3) is 0.500. The standard InChI is InChI=1S/C12H15F3OS/c1-17-7-6-11(16)8-9-2-4-10(5-3-9)12(13,14)15/h2-5,11,16H,6-8H2,1H3. The Morgan fingerprint density at radius 2 is 1.82 bits per heavy atom. The van der Waals surface area contributed by atoms with Crippen LogP contribution in [0.15, 0.2) is 24.3 Å². The van der Waals surface area contributed by atoms with E-state index in [-0.39, 0.29) is 0 Å². The normalized spacial score (nSPS) is 13.7. The van der Waals surface area contributed by atoms with Crippen LogP contribution in [-0.4, -0.2) is 23.2 Å². The van der Waals surface area contributed by atoms with E-state index in [0.717, 1.165) is 23.4 Å². The monoisotopic (exact) mass is 264 g/mol. The highest BCUT2D eigenvalue weighted by molar-refractivity contribution is 7.98. The molecule has 0 aliphatic carbocycles. The Balaban J connectivity index is 2.56. The van der Waals surface area contributed by atoms with E-state index in [1.807, 2.05) is 6.26 Å². The molecule has 0 aromatic heterocycles. The molecule has 1 nitrogen and oxygen atoms in total. The zero-order valence-electron chi connectivity index (χ0n) is 9.50. The minimum atomic E-state index is -4.30. The molecule has 0 fully saturated rings. The van der Waals surface area contributed by atoms with E-state index in [0.29, 0.717) is 12.8 Å². The van der Waals surface area contributed by atoms with Crippen LogP contribution in [0.25, 0.3) is 0 Å². The molecule has 1 atom stereocenters. The Morgan fingerprint density at radius 3 is 2.29 bits per heavy atom. The lowest BCUT2D eigenvalue weighted by Gasteiger charge is -2.11. The third-order valence-electron chi connectivity index (χ3n) is 2.41. The van der Waals surface area contributed by atoms with Crippen molar-refractivity contribution in [3.05, 3.63) is 35.4 Å². The van der Waals surface area contributed by atoms with E-state index < -0.39 is 17.8 Å². The molecule has 0 aliphatic rings. The largest absolute Gasteiger partial charge is 0.416 e. The van der Waals surface area contributed by atoms with E-state index in [1.165, 1.54) is 12.1 Å². The first kappa shape index (κ1) is 14.4. The lowest BCUT2D eigenvalue weighted by molar-refractivity contribution is -0.137. The van der Waals surface area contributed by atoms with Crippen LogP contribution >= 0.6 is 11.8 Å². The van der Waals surface area contributed by atoms with Crippen molar-refractivity contribution in [1.29, 1.82) is 0 Å². The van der Waals surface area contributed by atoms with Crippen molar-refractivity contribution in [2.75, 3.05) is 12.0 Å². The molecule has 0 aliphatic heterocycles. The van der Waals surface area contributed by atoms with Crippen LogP contribution in [0.1, 0.15) is 17.5 Å². The predicted molar refractivity (Wildman–Crippen MR) is 64.2 cm³/mol. The molecule has 0 bridgehead atoms. The lowest BCUT2D eigenvalue weighted by atomic mass is 10.0. The first-order valence-corrected chi connectivity index (χ1v) is 6.66. The summed E-state index contributed by atoms with van der Waals surface area (Å²) in [5.41, 5.74) is 0.0754. The molecule has 1 aromatic rings. The average Bonchev–Trinajstić information content (AvgIpc) is 2.26. The van der Waals surface area contributed by atoms with Gasteiger partial charge in [0.2, 0.25) is 0 Å². The third-order valence-corrected chi connectivity index (χ3v) is 3.05. The molecule has 1 rings (SSSR count). The highest BCUT2D eigenvalue weighted by Gasteiger charge is 2.29. The van der Waals surface area contributed by atoms with Gasteiger partial charge in [0.15, 0.2) is 0 Å². The van der Waals surface area contributed by atoms with Crippen LogP contribution in [0.2, 0.25) is 0 Å². The molecule has 0 saturated carbocycles. The predicted octanol–water partition coefficient (Wildman–Crippen LogP) is 3.36. The fourth-order valence-electron chi connectivity index (χ4n) is 1.46. The van der Waals surface area contributed by atoms with Crippen molar-refractivity contribution in [2.45, 2.75) is 25.1 Å². The fourth-order valence-corrected chi connectivity index (χ4v) is 1.97. The van der Waals surface area contributed by atoms with Crippen LogP contribution in [-0.2, 0) is 12.6 Å². The van der Waals surface area contributed by atoms with Crippen LogP contribution in [0.5, 0.6) is 0 Å². The SMILES string of the molecule is CSCCC(O)Cc1ccc(C(F)(F)F)cc1. The van der Waals surface area contributed by atoms with Crippen LogP contribution in [0, 0.1) is 0 Å². The summed E-state index contributed by atoms with van der Waals surface area (Å²) in [5, 5.41) is 9.63. The summed E-state index contributed by atoms with van der Waals surface area (Å²) in [6, 6.07) is 4.95. The van der Waals surface area contributed by atoms with Crippen molar-refractivity contribution in [3.8, 4) is 0 Å². The summed E-state index contributed by atoms with van der Waals surface area (Å²) < 4.78 is 36.9. The van der Waals surface area contributed by atoms with Gasteiger partial charge in [-0.25, -0.2) is 0 Å². The van der Waals surface area contributed by atoms with E-state index in [1.54, 1.807) is 11.8 Å². The summed E-state index contributed by atoms with van der Waals surface area (Å²) in [5.74, 6) is 0.849. The van der Waals surface area contributed by atoms with E-state index in [2.05, 4.69) is 0 Å². The summed E-state index contributed by atoms with van der Waals surface area (Å²) in [6.45, 7) is 0. The second-order valence-electron chi connectivity index (χ2n) is 3.83. The average molecular weight is 264 g/mol. The number of halogens is 3. The Labute approximate surface area is 103 Å². The molecular formula is C12H15F3OS. The molecule has 0 spiro atoms. The van der Waals surface area contributed by atoms with Gasteiger partial charge < -0.3 is 5.11 Å². The maximum Gasteiger partial charge on any atom is 0.416 e. The molecule has 1 aromatic carbocycles. The molecule has 0 radical (unpaired) electrons. The van der Waals surface area contributed by atoms with Crippen LogP contribution < -0.4 is 0 Å². The lowest BCUT2D eigenvalue weighted by Crippen LogP contribution is -2.12. The summed E-state index contributed by atoms with van der Waals surface area (Å²) in [7, 11) is 0. The van der Waals surface area contributed by atoms with Crippen molar-refractivity contribution in [1.82, 2.24) is 0 Å². The van der Waals surface area contributed by atoms with Gasteiger partial charge in [-0.05, 0) is 42.5 Å². The zero-order chi connectivity index (χ0) is 12.9. The number of rotatable bonds is 5. The topological polar surface area (TPSA) is 20.2 Å². The van der Waals surface area contributed by atoms with Gasteiger partial charge in [-0.1, -0.05) is 12.1 Å². The number of alkyl halides is 3. The first-order chi connectivity index (χ1) is 7.93.